The molecule has 8 amide bonds. The molecule has 0 radical (unpaired) electrons. The predicted octanol–water partition coefficient (Wildman–Crippen LogP) is 0.0956. The van der Waals surface area contributed by atoms with Crippen LogP contribution in [0.2, 0.25) is 0 Å². The number of nitrogens with one attached hydrogen (secondary N) is 8. The van der Waals surface area contributed by atoms with Gasteiger partial charge >= 0.3 is 5.97 Å². The Morgan fingerprint density at radius 3 is 1.88 bits per heavy atom. The number of carbonyl (C=O) groups excluding carboxylic acids is 8. The number of carbonyl (C=O) groups is 9. The number of aliphatic hydroxyl groups is 2. The highest BCUT2D eigenvalue weighted by Crippen LogP contribution is 2.23. The van der Waals surface area contributed by atoms with Crippen LogP contribution in [0.15, 0.2) is 54.7 Å². The maximum absolute atomic E-state index is 14.6. The molecule has 0 spiro atoms. The Kier molecular flexibility index (Phi) is 25.8. The SMILES string of the molecule is CC[C@H](C)[C@H](NC(=O)[C@@H](NC(=O)[C@H](Cc1c[nH]c2ccccc12)NC(=O)[C@H](CO)NC(=O)[C@H](CCCCN)NC(=O)[C@@H]1CCCN1C(=O)[C@H](CC(C)C)NC(=O)[C@H](Cc1ccc(O)cc1)NC(=O)[C@@H](N)CC(C)C)[C@@H](C)O)C(=O)O. The summed E-state index contributed by atoms with van der Waals surface area (Å²) >= 11 is 0. The maximum atomic E-state index is 14.6. The number of likely N-dealkylation sites (tertiary alicyclic amines) is 1. The number of hydrogen-bond donors (Lipinski definition) is 14. The topological polar surface area (TPSA) is 390 Å². The number of nitrogens with two attached hydrogens (primary N) is 2. The first-order valence-electron chi connectivity index (χ1n) is 27.6. The number of phenols is 1. The summed E-state index contributed by atoms with van der Waals surface area (Å²) in [5, 5.41) is 59.8. The molecule has 0 aliphatic carbocycles. The summed E-state index contributed by atoms with van der Waals surface area (Å²) < 4.78 is 0. The van der Waals surface area contributed by atoms with Crippen LogP contribution in [0.5, 0.6) is 5.75 Å². The van der Waals surface area contributed by atoms with Crippen LogP contribution in [0.3, 0.4) is 0 Å². The number of hydrogen-bond acceptors (Lipinski definition) is 14. The fourth-order valence-corrected chi connectivity index (χ4v) is 9.52. The van der Waals surface area contributed by atoms with Crippen molar-refractivity contribution in [1.29, 1.82) is 0 Å². The highest BCUT2D eigenvalue weighted by atomic mass is 16.4. The van der Waals surface area contributed by atoms with Gasteiger partial charge in [-0.2, -0.15) is 0 Å². The molecule has 0 bridgehead atoms. The fourth-order valence-electron chi connectivity index (χ4n) is 9.52. The summed E-state index contributed by atoms with van der Waals surface area (Å²) in [5.41, 5.74) is 13.8. The standard InChI is InChI=1S/C56H85N11O13/c1-8-32(6)46(56(79)80)65-54(77)47(33(7)69)66-51(74)42(27-35-28-59-39-15-10-9-14-37(35)39)62-52(75)44(29-68)64-49(72)40(16-11-12-22-57)60-53(76)45-17-13-23-67(45)55(78)43(25-31(4)5)63-50(73)41(26-34-18-20-36(70)21-19-34)61-48(71)38(58)24-30(2)3/h9-10,14-15,18-21,28,30-33,38,40-47,59,68-70H,8,11-13,16-17,22-27,29,57-58H2,1-7H3,(H,60,76)(H,61,71)(H,62,75)(H,63,73)(H,64,72)(H,65,77)(H,66,74)(H,79,80)/t32-,33+,38-,40-,41-,42-,43-,44-,45-,46-,47-/m0/s1. The van der Waals surface area contributed by atoms with E-state index in [9.17, 15) is 63.6 Å². The molecule has 1 aliphatic heterocycles. The minimum atomic E-state index is -1.71. The van der Waals surface area contributed by atoms with Gasteiger partial charge in [-0.25, -0.2) is 4.79 Å². The molecule has 442 valence electrons. The van der Waals surface area contributed by atoms with Gasteiger partial charge in [0.25, 0.3) is 0 Å². The van der Waals surface area contributed by atoms with E-state index in [2.05, 4.69) is 42.2 Å². The number of benzene rings is 2. The minimum absolute atomic E-state index is 0.00196. The molecule has 0 unspecified atom stereocenters. The number of aromatic nitrogens is 1. The number of H-pyrrole nitrogens is 1. The number of aliphatic hydroxyl groups excluding tert-OH is 2. The predicted molar refractivity (Wildman–Crippen MR) is 298 cm³/mol. The van der Waals surface area contributed by atoms with Gasteiger partial charge in [0.1, 0.15) is 54.1 Å². The van der Waals surface area contributed by atoms with Crippen molar-refractivity contribution in [1.82, 2.24) is 47.1 Å². The van der Waals surface area contributed by atoms with Crippen LogP contribution in [0.25, 0.3) is 10.9 Å². The van der Waals surface area contributed by atoms with Gasteiger partial charge in [0.05, 0.1) is 18.8 Å². The van der Waals surface area contributed by atoms with Gasteiger partial charge in [0, 0.05) is 36.5 Å². The van der Waals surface area contributed by atoms with E-state index >= 15 is 0 Å². The summed E-state index contributed by atoms with van der Waals surface area (Å²) in [6.45, 7) is 11.5. The zero-order valence-corrected chi connectivity index (χ0v) is 47.0. The zero-order valence-electron chi connectivity index (χ0n) is 47.0. The van der Waals surface area contributed by atoms with Crippen molar-refractivity contribution in [2.45, 2.75) is 173 Å². The number of aliphatic carboxylic acids is 1. The van der Waals surface area contributed by atoms with Crippen LogP contribution in [0, 0.1) is 17.8 Å². The summed E-state index contributed by atoms with van der Waals surface area (Å²) in [6, 6.07) is 1.27. The lowest BCUT2D eigenvalue weighted by molar-refractivity contribution is -0.144. The van der Waals surface area contributed by atoms with E-state index in [1.54, 1.807) is 56.4 Å². The van der Waals surface area contributed by atoms with E-state index < -0.39 is 126 Å². The lowest BCUT2D eigenvalue weighted by atomic mass is 9.98. The van der Waals surface area contributed by atoms with E-state index in [4.69, 9.17) is 11.5 Å². The first kappa shape index (κ1) is 65.4. The third kappa shape index (κ3) is 19.3. The van der Waals surface area contributed by atoms with Crippen molar-refractivity contribution in [2.75, 3.05) is 19.7 Å². The molecule has 16 N–H and O–H groups in total. The number of rotatable bonds is 32. The van der Waals surface area contributed by atoms with Gasteiger partial charge in [0.2, 0.25) is 47.3 Å². The van der Waals surface area contributed by atoms with Crippen molar-refractivity contribution in [3.05, 3.63) is 65.9 Å². The molecule has 1 saturated heterocycles. The molecule has 2 aromatic carbocycles. The normalized spacial score (nSPS) is 17.2. The Hall–Kier alpha value is -7.15. The number of aromatic hydroxyl groups is 1. The molecule has 11 atom stereocenters. The van der Waals surface area contributed by atoms with Crippen molar-refractivity contribution in [2.24, 2.45) is 29.2 Å². The van der Waals surface area contributed by atoms with Crippen molar-refractivity contribution in [3.8, 4) is 5.75 Å². The second kappa shape index (κ2) is 31.6. The molecule has 1 fully saturated rings. The summed E-state index contributed by atoms with van der Waals surface area (Å²) in [4.78, 5) is 129. The van der Waals surface area contributed by atoms with E-state index in [0.29, 0.717) is 54.1 Å². The van der Waals surface area contributed by atoms with Crippen LogP contribution < -0.4 is 48.7 Å². The quantitative estimate of drug-likeness (QED) is 0.0369. The summed E-state index contributed by atoms with van der Waals surface area (Å²) in [7, 11) is 0. The van der Waals surface area contributed by atoms with Crippen LogP contribution in [0.4, 0.5) is 0 Å². The maximum Gasteiger partial charge on any atom is 0.326 e. The Balaban J connectivity index is 1.55. The lowest BCUT2D eigenvalue weighted by Gasteiger charge is -2.31. The number of nitrogens with zero attached hydrogens (tertiary/aromatic N) is 1. The zero-order chi connectivity index (χ0) is 59.4. The molecule has 1 aromatic heterocycles. The number of carboxylic acids is 1. The monoisotopic (exact) mass is 1120 g/mol. The Morgan fingerprint density at radius 1 is 0.688 bits per heavy atom. The average molecular weight is 1120 g/mol. The van der Waals surface area contributed by atoms with Crippen LogP contribution in [-0.4, -0.2) is 164 Å². The number of amides is 8. The number of fused-ring (bicyclic) bond motifs is 1. The van der Waals surface area contributed by atoms with E-state index in [-0.39, 0.29) is 62.8 Å². The molecule has 4 rings (SSSR count). The molecule has 80 heavy (non-hydrogen) atoms. The van der Waals surface area contributed by atoms with Crippen molar-refractivity contribution >= 4 is 64.1 Å². The summed E-state index contributed by atoms with van der Waals surface area (Å²) in [5.74, 6) is -8.29. The largest absolute Gasteiger partial charge is 0.508 e. The first-order chi connectivity index (χ1) is 37.9. The van der Waals surface area contributed by atoms with Gasteiger partial charge in [0.15, 0.2) is 0 Å². The van der Waals surface area contributed by atoms with Crippen LogP contribution >= 0.6 is 0 Å². The van der Waals surface area contributed by atoms with E-state index in [0.717, 1.165) is 0 Å². The lowest BCUT2D eigenvalue weighted by Crippen LogP contribution is -2.62. The van der Waals surface area contributed by atoms with Crippen LogP contribution in [0.1, 0.15) is 111 Å². The number of unbranched alkanes of at least 4 members (excludes halogenated alkanes) is 1. The molecular formula is C56H85N11O13. The first-order valence-corrected chi connectivity index (χ1v) is 27.6. The fraction of sp³-hybridized carbons (Fsp3) is 0.589. The smallest absolute Gasteiger partial charge is 0.326 e. The van der Waals surface area contributed by atoms with Gasteiger partial charge < -0.3 is 79.0 Å². The molecule has 2 heterocycles. The number of carboxylic acid groups (broad SMARTS) is 1. The van der Waals surface area contributed by atoms with Gasteiger partial charge in [-0.15, -0.1) is 0 Å². The molecule has 1 aliphatic rings. The second-order valence-electron chi connectivity index (χ2n) is 21.7. The third-order valence-corrected chi connectivity index (χ3v) is 14.2. The second-order valence-corrected chi connectivity index (χ2v) is 21.7. The summed E-state index contributed by atoms with van der Waals surface area (Å²) in [6.07, 6.45) is 2.15. The molecule has 3 aromatic rings. The Morgan fingerprint density at radius 2 is 1.26 bits per heavy atom. The van der Waals surface area contributed by atoms with E-state index in [1.807, 2.05) is 27.7 Å². The third-order valence-electron chi connectivity index (χ3n) is 14.2. The van der Waals surface area contributed by atoms with Crippen LogP contribution in [-0.2, 0) is 56.0 Å². The van der Waals surface area contributed by atoms with Gasteiger partial charge in [-0.05, 0) is 105 Å². The molecule has 24 nitrogen and oxygen atoms in total. The van der Waals surface area contributed by atoms with Gasteiger partial charge in [-0.3, -0.25) is 38.4 Å². The highest BCUT2D eigenvalue weighted by molar-refractivity contribution is 5.99. The molecule has 0 saturated carbocycles. The number of para-hydroxylation sites is 1. The Labute approximate surface area is 467 Å². The van der Waals surface area contributed by atoms with Crippen molar-refractivity contribution in [3.63, 3.8) is 0 Å². The van der Waals surface area contributed by atoms with E-state index in [1.165, 1.54) is 24.0 Å². The molecular weight excluding hydrogens is 1030 g/mol. The molecule has 24 heteroatoms. The highest BCUT2D eigenvalue weighted by Gasteiger charge is 2.41. The van der Waals surface area contributed by atoms with Gasteiger partial charge in [-0.1, -0.05) is 78.3 Å². The number of phenolic OH excluding ortho intramolecular Hbond substituents is 1. The minimum Gasteiger partial charge on any atom is -0.508 e. The Bertz CT molecular complexity index is 2570. The average Bonchev–Trinajstić information content (AvgIpc) is 4.13. The number of aromatic amines is 1. The van der Waals surface area contributed by atoms with Crippen molar-refractivity contribution < 1.29 is 63.6 Å².